The third-order valence-corrected chi connectivity index (χ3v) is 2.74. The van der Waals surface area contributed by atoms with Crippen LogP contribution in [0.25, 0.3) is 0 Å². The van der Waals surface area contributed by atoms with Gasteiger partial charge in [0.15, 0.2) is 0 Å². The van der Waals surface area contributed by atoms with Crippen LogP contribution in [-0.2, 0) is 0 Å². The van der Waals surface area contributed by atoms with Gasteiger partial charge in [0, 0.05) is 19.6 Å². The van der Waals surface area contributed by atoms with E-state index in [0.29, 0.717) is 19.0 Å². The number of carbonyl (C=O) groups excluding carboxylic acids is 1. The monoisotopic (exact) mass is 216 g/mol. The first kappa shape index (κ1) is 14.2. The molecule has 4 nitrogen and oxygen atoms in total. The van der Waals surface area contributed by atoms with E-state index in [2.05, 4.69) is 19.2 Å². The molecule has 0 aromatic heterocycles. The van der Waals surface area contributed by atoms with Gasteiger partial charge in [-0.15, -0.1) is 0 Å². The second-order valence-corrected chi connectivity index (χ2v) is 3.67. The number of nitrogens with one attached hydrogen (secondary N) is 1. The zero-order chi connectivity index (χ0) is 11.7. The van der Waals surface area contributed by atoms with Gasteiger partial charge in [0.25, 0.3) is 0 Å². The van der Waals surface area contributed by atoms with Crippen LogP contribution in [0.2, 0.25) is 0 Å². The Morgan fingerprint density at radius 1 is 1.33 bits per heavy atom. The van der Waals surface area contributed by atoms with E-state index in [1.54, 1.807) is 4.90 Å². The Hall–Kier alpha value is -0.770. The molecule has 90 valence electrons. The van der Waals surface area contributed by atoms with Crippen molar-refractivity contribution in [1.29, 1.82) is 0 Å². The molecule has 0 atom stereocenters. The van der Waals surface area contributed by atoms with E-state index in [-0.39, 0.29) is 12.6 Å². The molecule has 0 unspecified atom stereocenters. The highest BCUT2D eigenvalue weighted by atomic mass is 16.3. The highest BCUT2D eigenvalue weighted by Crippen LogP contribution is 2.05. The second kappa shape index (κ2) is 8.53. The quantitative estimate of drug-likeness (QED) is 0.676. The minimum atomic E-state index is -0.0709. The summed E-state index contributed by atoms with van der Waals surface area (Å²) in [6, 6.07) is -0.0709. The largest absolute Gasteiger partial charge is 0.395 e. The number of aliphatic hydroxyl groups is 1. The van der Waals surface area contributed by atoms with Gasteiger partial charge < -0.3 is 15.3 Å². The van der Waals surface area contributed by atoms with Crippen molar-refractivity contribution < 1.29 is 9.90 Å². The van der Waals surface area contributed by atoms with Crippen molar-refractivity contribution in [3.8, 4) is 0 Å². The van der Waals surface area contributed by atoms with Gasteiger partial charge in [0.1, 0.15) is 0 Å². The number of amides is 2. The van der Waals surface area contributed by atoms with Gasteiger partial charge in [-0.25, -0.2) is 4.79 Å². The maximum Gasteiger partial charge on any atom is 0.317 e. The third kappa shape index (κ3) is 5.62. The molecule has 4 heteroatoms. The first-order valence-corrected chi connectivity index (χ1v) is 5.83. The van der Waals surface area contributed by atoms with Crippen LogP contribution in [0.3, 0.4) is 0 Å². The van der Waals surface area contributed by atoms with Crippen LogP contribution in [0.4, 0.5) is 4.79 Å². The molecule has 0 aromatic carbocycles. The number of hydrogen-bond donors (Lipinski definition) is 2. The van der Waals surface area contributed by atoms with E-state index in [1.165, 1.54) is 0 Å². The number of hydrogen-bond acceptors (Lipinski definition) is 2. The molecule has 0 fully saturated rings. The number of urea groups is 1. The fraction of sp³-hybridized carbons (Fsp3) is 0.909. The van der Waals surface area contributed by atoms with Gasteiger partial charge >= 0.3 is 6.03 Å². The summed E-state index contributed by atoms with van der Waals surface area (Å²) in [5, 5.41) is 11.7. The maximum absolute atomic E-state index is 11.6. The molecule has 0 heterocycles. The Bertz CT molecular complexity index is 170. The minimum Gasteiger partial charge on any atom is -0.395 e. The van der Waals surface area contributed by atoms with E-state index in [0.717, 1.165) is 19.4 Å². The Kier molecular flexibility index (Phi) is 8.09. The molecule has 0 radical (unpaired) electrons. The normalized spacial score (nSPS) is 10.5. The summed E-state index contributed by atoms with van der Waals surface area (Å²) < 4.78 is 0. The first-order valence-electron chi connectivity index (χ1n) is 5.83. The van der Waals surface area contributed by atoms with E-state index in [1.807, 2.05) is 6.92 Å². The van der Waals surface area contributed by atoms with E-state index in [4.69, 9.17) is 5.11 Å². The molecular weight excluding hydrogens is 192 g/mol. The van der Waals surface area contributed by atoms with Crippen molar-refractivity contribution in [3.05, 3.63) is 0 Å². The molecule has 0 bridgehead atoms. The van der Waals surface area contributed by atoms with E-state index < -0.39 is 0 Å². The Labute approximate surface area is 92.7 Å². The van der Waals surface area contributed by atoms with Crippen LogP contribution in [0.1, 0.15) is 33.6 Å². The Morgan fingerprint density at radius 3 is 2.33 bits per heavy atom. The summed E-state index contributed by atoms with van der Waals surface area (Å²) in [4.78, 5) is 13.2. The van der Waals surface area contributed by atoms with Crippen LogP contribution in [0, 0.1) is 5.92 Å². The summed E-state index contributed by atoms with van der Waals surface area (Å²) >= 11 is 0. The Morgan fingerprint density at radius 2 is 1.93 bits per heavy atom. The molecule has 0 saturated heterocycles. The molecule has 0 aliphatic rings. The van der Waals surface area contributed by atoms with Crippen molar-refractivity contribution >= 4 is 6.03 Å². The Balaban J connectivity index is 3.88. The zero-order valence-corrected chi connectivity index (χ0v) is 10.1. The summed E-state index contributed by atoms with van der Waals surface area (Å²) in [5.74, 6) is 0.557. The number of rotatable bonds is 7. The standard InChI is InChI=1S/C11H24N2O2/c1-4-10(5-2)9-12-11(15)13(6-3)7-8-14/h10,14H,4-9H2,1-3H3,(H,12,15). The maximum atomic E-state index is 11.6. The van der Waals surface area contributed by atoms with Crippen LogP contribution >= 0.6 is 0 Å². The highest BCUT2D eigenvalue weighted by Gasteiger charge is 2.11. The van der Waals surface area contributed by atoms with Crippen LogP contribution < -0.4 is 5.32 Å². The van der Waals surface area contributed by atoms with Crippen molar-refractivity contribution in [1.82, 2.24) is 10.2 Å². The van der Waals surface area contributed by atoms with Crippen LogP contribution in [-0.4, -0.2) is 42.3 Å². The van der Waals surface area contributed by atoms with Crippen LogP contribution in [0.5, 0.6) is 0 Å². The number of likely N-dealkylation sites (N-methyl/N-ethyl adjacent to an activating group) is 1. The van der Waals surface area contributed by atoms with Gasteiger partial charge in [-0.1, -0.05) is 26.7 Å². The fourth-order valence-corrected chi connectivity index (χ4v) is 1.44. The van der Waals surface area contributed by atoms with Crippen molar-refractivity contribution in [2.24, 2.45) is 5.92 Å². The molecule has 0 aliphatic carbocycles. The topological polar surface area (TPSA) is 52.6 Å². The summed E-state index contributed by atoms with van der Waals surface area (Å²) in [6.45, 7) is 7.96. The van der Waals surface area contributed by atoms with Gasteiger partial charge in [-0.2, -0.15) is 0 Å². The summed E-state index contributed by atoms with van der Waals surface area (Å²) in [6.07, 6.45) is 2.17. The van der Waals surface area contributed by atoms with E-state index in [9.17, 15) is 4.79 Å². The van der Waals surface area contributed by atoms with Gasteiger partial charge in [-0.05, 0) is 12.8 Å². The highest BCUT2D eigenvalue weighted by molar-refractivity contribution is 5.74. The molecule has 0 aliphatic heterocycles. The lowest BCUT2D eigenvalue weighted by atomic mass is 10.0. The van der Waals surface area contributed by atoms with Gasteiger partial charge in [0.2, 0.25) is 0 Å². The lowest BCUT2D eigenvalue weighted by Crippen LogP contribution is -2.42. The SMILES string of the molecule is CCC(CC)CNC(=O)N(CC)CCO. The molecule has 15 heavy (non-hydrogen) atoms. The van der Waals surface area contributed by atoms with Gasteiger partial charge in [0.05, 0.1) is 6.61 Å². The lowest BCUT2D eigenvalue weighted by molar-refractivity contribution is 0.178. The number of nitrogens with zero attached hydrogens (tertiary/aromatic N) is 1. The lowest BCUT2D eigenvalue weighted by Gasteiger charge is -2.22. The minimum absolute atomic E-state index is 0.0201. The van der Waals surface area contributed by atoms with Crippen LogP contribution in [0.15, 0.2) is 0 Å². The number of aliphatic hydroxyl groups excluding tert-OH is 1. The molecule has 0 aromatic rings. The molecule has 2 N–H and O–H groups in total. The van der Waals surface area contributed by atoms with E-state index >= 15 is 0 Å². The van der Waals surface area contributed by atoms with Crippen molar-refractivity contribution in [2.75, 3.05) is 26.2 Å². The summed E-state index contributed by atoms with van der Waals surface area (Å²) in [5.41, 5.74) is 0. The molecule has 0 spiro atoms. The third-order valence-electron chi connectivity index (χ3n) is 2.74. The predicted octanol–water partition coefficient (Wildman–Crippen LogP) is 1.45. The predicted molar refractivity (Wildman–Crippen MR) is 61.8 cm³/mol. The molecule has 0 rings (SSSR count). The first-order chi connectivity index (χ1) is 7.19. The van der Waals surface area contributed by atoms with Crippen molar-refractivity contribution in [2.45, 2.75) is 33.6 Å². The number of carbonyl (C=O) groups is 1. The van der Waals surface area contributed by atoms with Gasteiger partial charge in [-0.3, -0.25) is 0 Å². The summed E-state index contributed by atoms with van der Waals surface area (Å²) in [7, 11) is 0. The average molecular weight is 216 g/mol. The molecule has 0 saturated carbocycles. The smallest absolute Gasteiger partial charge is 0.317 e. The molecule has 2 amide bonds. The van der Waals surface area contributed by atoms with Crippen molar-refractivity contribution in [3.63, 3.8) is 0 Å². The fourth-order valence-electron chi connectivity index (χ4n) is 1.44. The average Bonchev–Trinajstić information content (AvgIpc) is 2.26. The molecular formula is C11H24N2O2. The zero-order valence-electron chi connectivity index (χ0n) is 10.1. The second-order valence-electron chi connectivity index (χ2n) is 3.67.